The van der Waals surface area contributed by atoms with Gasteiger partial charge in [-0.3, -0.25) is 24.3 Å². The number of nitrogens with zero attached hydrogens (tertiary/aromatic N) is 5. The number of amides is 4. The first-order valence-corrected chi connectivity index (χ1v) is 10.9. The predicted molar refractivity (Wildman–Crippen MR) is 127 cm³/mol. The van der Waals surface area contributed by atoms with E-state index < -0.39 is 36.6 Å². The minimum atomic E-state index is -0.847. The standard InChI is InChI=1S/C24H24N6O5/c1-27-21-20(22(32)29(24(27)33)13-19(25)31)28-12-17(14-7-5-4-6-8-14)30(23(28)26-21)16-10-9-15(34-2)11-18(16)35-3/h4-12,20-21H,13H2,1-3H3,(H2,25,31). The molecule has 2 aromatic rings. The van der Waals surface area contributed by atoms with Crippen molar-refractivity contribution in [1.29, 1.82) is 0 Å². The lowest BCUT2D eigenvalue weighted by molar-refractivity contribution is -0.139. The number of guanidine groups is 1. The number of imide groups is 1. The number of fused-ring (bicyclic) bond motifs is 3. The average Bonchev–Trinajstić information content (AvgIpc) is 3.42. The van der Waals surface area contributed by atoms with Gasteiger partial charge in [-0.15, -0.1) is 0 Å². The van der Waals surface area contributed by atoms with E-state index in [2.05, 4.69) is 0 Å². The van der Waals surface area contributed by atoms with Crippen LogP contribution in [0.3, 0.4) is 0 Å². The minimum Gasteiger partial charge on any atom is -0.497 e. The van der Waals surface area contributed by atoms with Crippen LogP contribution in [-0.4, -0.2) is 78.5 Å². The van der Waals surface area contributed by atoms with Gasteiger partial charge in [0.2, 0.25) is 11.9 Å². The minimum absolute atomic E-state index is 0.455. The van der Waals surface area contributed by atoms with E-state index in [4.69, 9.17) is 20.2 Å². The molecule has 2 aromatic carbocycles. The second-order valence-corrected chi connectivity index (χ2v) is 8.23. The van der Waals surface area contributed by atoms with Crippen molar-refractivity contribution in [3.63, 3.8) is 0 Å². The lowest BCUT2D eigenvalue weighted by Gasteiger charge is -2.39. The van der Waals surface area contributed by atoms with E-state index in [0.29, 0.717) is 23.1 Å². The van der Waals surface area contributed by atoms with Crippen molar-refractivity contribution < 1.29 is 23.9 Å². The smallest absolute Gasteiger partial charge is 0.328 e. The van der Waals surface area contributed by atoms with E-state index >= 15 is 0 Å². The molecule has 5 rings (SSSR count). The number of methoxy groups -OCH3 is 2. The fourth-order valence-electron chi connectivity index (χ4n) is 4.56. The highest BCUT2D eigenvalue weighted by Gasteiger charge is 2.55. The number of hydrogen-bond acceptors (Lipinski definition) is 8. The van der Waals surface area contributed by atoms with Gasteiger partial charge in [0.15, 0.2) is 12.2 Å². The number of likely N-dealkylation sites (N-methyl/N-ethyl adjacent to an activating group) is 1. The van der Waals surface area contributed by atoms with Gasteiger partial charge in [0.1, 0.15) is 18.0 Å². The molecule has 0 radical (unpaired) electrons. The van der Waals surface area contributed by atoms with E-state index in [1.807, 2.05) is 47.5 Å². The second-order valence-electron chi connectivity index (χ2n) is 8.23. The molecule has 11 nitrogen and oxygen atoms in total. The molecule has 1 fully saturated rings. The molecule has 2 atom stereocenters. The lowest BCUT2D eigenvalue weighted by atomic mass is 10.1. The molecule has 4 amide bonds. The molecule has 2 unspecified atom stereocenters. The highest BCUT2D eigenvalue weighted by molar-refractivity contribution is 6.17. The van der Waals surface area contributed by atoms with Gasteiger partial charge in [-0.1, -0.05) is 30.3 Å². The summed E-state index contributed by atoms with van der Waals surface area (Å²) in [6.45, 7) is -0.500. The number of nitrogens with two attached hydrogens (primary N) is 1. The first-order chi connectivity index (χ1) is 16.8. The summed E-state index contributed by atoms with van der Waals surface area (Å²) in [6, 6.07) is 13.6. The van der Waals surface area contributed by atoms with Crippen molar-refractivity contribution in [2.24, 2.45) is 10.7 Å². The van der Waals surface area contributed by atoms with Gasteiger partial charge < -0.3 is 20.1 Å². The number of urea groups is 1. The maximum atomic E-state index is 13.4. The van der Waals surface area contributed by atoms with Crippen LogP contribution in [0.15, 0.2) is 59.7 Å². The highest BCUT2D eigenvalue weighted by Crippen LogP contribution is 2.43. The number of rotatable bonds is 6. The SMILES string of the molecule is COc1ccc(N2C(c3ccccc3)=CN3C2=NC2C3C(=O)N(CC(N)=O)C(=O)N2C)c(OC)c1. The molecule has 0 spiro atoms. The van der Waals surface area contributed by atoms with Gasteiger partial charge in [0, 0.05) is 24.9 Å². The highest BCUT2D eigenvalue weighted by atomic mass is 16.5. The van der Waals surface area contributed by atoms with Gasteiger partial charge in [-0.05, 0) is 12.1 Å². The van der Waals surface area contributed by atoms with Crippen LogP contribution in [0, 0.1) is 0 Å². The molecule has 0 aromatic heterocycles. The van der Waals surface area contributed by atoms with Crippen LogP contribution in [0.4, 0.5) is 10.5 Å². The summed E-state index contributed by atoms with van der Waals surface area (Å²) in [5.74, 6) is 0.302. The zero-order valence-corrected chi connectivity index (χ0v) is 19.4. The van der Waals surface area contributed by atoms with Crippen molar-refractivity contribution >= 4 is 35.2 Å². The molecular weight excluding hydrogens is 452 g/mol. The molecule has 180 valence electrons. The Labute approximate surface area is 201 Å². The van der Waals surface area contributed by atoms with Gasteiger partial charge in [-0.2, -0.15) is 0 Å². The number of carbonyl (C=O) groups is 3. The second kappa shape index (κ2) is 8.35. The Morgan fingerprint density at radius 3 is 2.49 bits per heavy atom. The number of anilines is 1. The number of benzene rings is 2. The van der Waals surface area contributed by atoms with E-state index in [0.717, 1.165) is 16.2 Å². The third kappa shape index (κ3) is 3.43. The van der Waals surface area contributed by atoms with E-state index in [1.165, 1.54) is 4.90 Å². The van der Waals surface area contributed by atoms with Crippen LogP contribution in [-0.2, 0) is 9.59 Å². The van der Waals surface area contributed by atoms with Crippen LogP contribution in [0.5, 0.6) is 11.5 Å². The van der Waals surface area contributed by atoms with Crippen LogP contribution >= 0.6 is 0 Å². The molecule has 3 heterocycles. The van der Waals surface area contributed by atoms with Crippen molar-refractivity contribution in [3.05, 3.63) is 60.3 Å². The first-order valence-electron chi connectivity index (χ1n) is 10.9. The number of ether oxygens (including phenoxy) is 2. The van der Waals surface area contributed by atoms with Crippen LogP contribution < -0.4 is 20.1 Å². The van der Waals surface area contributed by atoms with Crippen molar-refractivity contribution in [3.8, 4) is 11.5 Å². The zero-order valence-electron chi connectivity index (χ0n) is 19.4. The Balaban J connectivity index is 1.64. The van der Waals surface area contributed by atoms with Gasteiger partial charge in [-0.25, -0.2) is 9.79 Å². The quantitative estimate of drug-likeness (QED) is 0.666. The molecule has 0 saturated carbocycles. The Bertz CT molecular complexity index is 1280. The molecule has 0 aliphatic carbocycles. The van der Waals surface area contributed by atoms with Crippen LogP contribution in [0.25, 0.3) is 5.70 Å². The van der Waals surface area contributed by atoms with Gasteiger partial charge in [0.25, 0.3) is 5.91 Å². The number of hydrogen-bond donors (Lipinski definition) is 1. The topological polar surface area (TPSA) is 121 Å². The molecule has 0 bridgehead atoms. The average molecular weight is 476 g/mol. The van der Waals surface area contributed by atoms with E-state index in [1.54, 1.807) is 38.3 Å². The van der Waals surface area contributed by atoms with Crippen molar-refractivity contribution in [2.45, 2.75) is 12.2 Å². The maximum absolute atomic E-state index is 13.4. The number of aliphatic imine (C=N–C) groups is 1. The molecule has 35 heavy (non-hydrogen) atoms. The summed E-state index contributed by atoms with van der Waals surface area (Å²) in [7, 11) is 4.68. The predicted octanol–water partition coefficient (Wildman–Crippen LogP) is 1.27. The largest absolute Gasteiger partial charge is 0.497 e. The first kappa shape index (κ1) is 22.3. The van der Waals surface area contributed by atoms with Crippen molar-refractivity contribution in [1.82, 2.24) is 14.7 Å². The Hall–Kier alpha value is -4.54. The number of primary amides is 1. The molecule has 1 saturated heterocycles. The summed E-state index contributed by atoms with van der Waals surface area (Å²) in [4.78, 5) is 48.4. The number of carbonyl (C=O) groups excluding carboxylic acids is 3. The van der Waals surface area contributed by atoms with Gasteiger partial charge in [0.05, 0.1) is 25.6 Å². The summed E-state index contributed by atoms with van der Waals surface area (Å²) >= 11 is 0. The Morgan fingerprint density at radius 2 is 1.83 bits per heavy atom. The third-order valence-electron chi connectivity index (χ3n) is 6.22. The van der Waals surface area contributed by atoms with E-state index in [-0.39, 0.29) is 0 Å². The zero-order chi connectivity index (χ0) is 24.9. The molecular formula is C24H24N6O5. The molecule has 2 N–H and O–H groups in total. The van der Waals surface area contributed by atoms with Crippen LogP contribution in [0.2, 0.25) is 0 Å². The lowest BCUT2D eigenvalue weighted by Crippen LogP contribution is -2.65. The Kier molecular flexibility index (Phi) is 5.31. The monoisotopic (exact) mass is 476 g/mol. The summed E-state index contributed by atoms with van der Waals surface area (Å²) < 4.78 is 11.0. The van der Waals surface area contributed by atoms with E-state index in [9.17, 15) is 14.4 Å². The Morgan fingerprint density at radius 1 is 1.09 bits per heavy atom. The summed E-state index contributed by atoms with van der Waals surface area (Å²) in [6.07, 6.45) is 1.06. The molecule has 11 heteroatoms. The molecule has 3 aliphatic rings. The molecule has 3 aliphatic heterocycles. The maximum Gasteiger partial charge on any atom is 0.328 e. The van der Waals surface area contributed by atoms with Crippen molar-refractivity contribution in [2.75, 3.05) is 32.7 Å². The summed E-state index contributed by atoms with van der Waals surface area (Å²) in [5.41, 5.74) is 7.63. The van der Waals surface area contributed by atoms with Crippen LogP contribution in [0.1, 0.15) is 5.56 Å². The van der Waals surface area contributed by atoms with Gasteiger partial charge >= 0.3 is 6.03 Å². The normalized spacial score (nSPS) is 21.0. The third-order valence-corrected chi connectivity index (χ3v) is 6.22. The fraction of sp³-hybridized carbons (Fsp3) is 0.250. The fourth-order valence-corrected chi connectivity index (χ4v) is 4.56. The summed E-state index contributed by atoms with van der Waals surface area (Å²) in [5, 5.41) is 0.